The van der Waals surface area contributed by atoms with Gasteiger partial charge in [0, 0.05) is 42.7 Å². The lowest BCUT2D eigenvalue weighted by atomic mass is 9.96. The molecule has 0 saturated carbocycles. The molecule has 0 aliphatic carbocycles. The van der Waals surface area contributed by atoms with E-state index in [1.807, 2.05) is 11.3 Å². The van der Waals surface area contributed by atoms with E-state index in [0.29, 0.717) is 0 Å². The Hall–Kier alpha value is -6.85. The molecule has 268 valence electrons. The van der Waals surface area contributed by atoms with Crippen LogP contribution in [-0.4, -0.2) is 4.98 Å². The van der Waals surface area contributed by atoms with Crippen LogP contribution in [0.25, 0.3) is 85.1 Å². The minimum absolute atomic E-state index is 1.06. The second-order valence-electron chi connectivity index (χ2n) is 14.3. The van der Waals surface area contributed by atoms with Crippen molar-refractivity contribution >= 4 is 80.9 Å². The second kappa shape index (κ2) is 14.0. The van der Waals surface area contributed by atoms with E-state index in [9.17, 15) is 0 Å². The van der Waals surface area contributed by atoms with Crippen molar-refractivity contribution in [1.29, 1.82) is 0 Å². The van der Waals surface area contributed by atoms with Crippen molar-refractivity contribution < 1.29 is 0 Å². The molecule has 0 amide bonds. The average molecular weight is 763 g/mol. The predicted molar refractivity (Wildman–Crippen MR) is 246 cm³/mol. The first-order valence-electron chi connectivity index (χ1n) is 19.2. The van der Waals surface area contributed by atoms with Gasteiger partial charge in [-0.3, -0.25) is 0 Å². The van der Waals surface area contributed by atoms with Crippen molar-refractivity contribution in [3.63, 3.8) is 0 Å². The third kappa shape index (κ3) is 5.98. The summed E-state index contributed by atoms with van der Waals surface area (Å²) in [5.74, 6) is 0. The van der Waals surface area contributed by atoms with Crippen LogP contribution in [0.4, 0.5) is 17.1 Å². The molecule has 0 N–H and O–H groups in total. The van der Waals surface area contributed by atoms with Crippen LogP contribution in [-0.2, 0) is 0 Å². The van der Waals surface area contributed by atoms with Gasteiger partial charge in [-0.2, -0.15) is 0 Å². The summed E-state index contributed by atoms with van der Waals surface area (Å²) in [4.78, 5) is 7.45. The third-order valence-corrected chi connectivity index (χ3v) is 13.2. The fourth-order valence-electron chi connectivity index (χ4n) is 8.15. The van der Waals surface area contributed by atoms with Crippen LogP contribution in [0.1, 0.15) is 0 Å². The Balaban J connectivity index is 1.02. The first kappa shape index (κ1) is 33.5. The van der Waals surface area contributed by atoms with Crippen LogP contribution < -0.4 is 4.90 Å². The molecule has 0 aliphatic heterocycles. The van der Waals surface area contributed by atoms with Gasteiger partial charge in [-0.15, -0.1) is 22.7 Å². The molecule has 57 heavy (non-hydrogen) atoms. The molecule has 0 spiro atoms. The Morgan fingerprint density at radius 3 is 1.74 bits per heavy atom. The standard InChI is InChI=1S/C53H34N2S2/c1-3-12-35(13-4-1)36-22-27-41(28-23-36)55(48-21-10-9-19-45(48)44-20-11-17-38-14-7-8-18-43(38)44)42-29-24-37(25-30-42)40-26-32-49-46(34-40)51-50(56-49)33-31-47-52(51)57-53(54-47)39-15-5-2-6-16-39/h1-34H. The van der Waals surface area contributed by atoms with E-state index in [4.69, 9.17) is 4.98 Å². The topological polar surface area (TPSA) is 16.1 Å². The number of rotatable bonds is 7. The van der Waals surface area contributed by atoms with Crippen LogP contribution in [0.3, 0.4) is 0 Å². The van der Waals surface area contributed by atoms with E-state index in [1.54, 1.807) is 11.3 Å². The molecule has 0 atom stereocenters. The molecule has 9 aromatic carbocycles. The fraction of sp³-hybridized carbons (Fsp3) is 0. The highest BCUT2D eigenvalue weighted by Gasteiger charge is 2.19. The molecule has 4 heteroatoms. The molecule has 0 bridgehead atoms. The average Bonchev–Trinajstić information content (AvgIpc) is 3.89. The summed E-state index contributed by atoms with van der Waals surface area (Å²) >= 11 is 3.65. The van der Waals surface area contributed by atoms with Gasteiger partial charge in [0.2, 0.25) is 0 Å². The van der Waals surface area contributed by atoms with Gasteiger partial charge in [-0.25, -0.2) is 4.98 Å². The van der Waals surface area contributed by atoms with Gasteiger partial charge in [0.15, 0.2) is 0 Å². The number of aromatic nitrogens is 1. The summed E-state index contributed by atoms with van der Waals surface area (Å²) in [6.45, 7) is 0. The molecule has 0 saturated heterocycles. The van der Waals surface area contributed by atoms with Crippen LogP contribution >= 0.6 is 22.7 Å². The number of para-hydroxylation sites is 1. The zero-order chi connectivity index (χ0) is 37.7. The third-order valence-electron chi connectivity index (χ3n) is 10.9. The Morgan fingerprint density at radius 2 is 0.965 bits per heavy atom. The van der Waals surface area contributed by atoms with Gasteiger partial charge in [-0.05, 0) is 93.2 Å². The second-order valence-corrected chi connectivity index (χ2v) is 16.4. The number of thiazole rings is 1. The SMILES string of the molecule is c1ccc(-c2ccc(N(c3ccc(-c4ccc5sc6ccc7nc(-c8ccccc8)sc7c6c5c4)cc3)c3ccccc3-c3cccc4ccccc34)cc2)cc1. The lowest BCUT2D eigenvalue weighted by Crippen LogP contribution is -2.11. The molecule has 0 aliphatic rings. The van der Waals surface area contributed by atoms with E-state index in [-0.39, 0.29) is 0 Å². The molecule has 2 nitrogen and oxygen atoms in total. The highest BCUT2D eigenvalue weighted by molar-refractivity contribution is 7.28. The summed E-state index contributed by atoms with van der Waals surface area (Å²) in [5.41, 5.74) is 12.7. The van der Waals surface area contributed by atoms with Crippen molar-refractivity contribution in [2.45, 2.75) is 0 Å². The molecule has 11 rings (SSSR count). The Labute approximate surface area is 339 Å². The number of benzene rings is 9. The van der Waals surface area contributed by atoms with Crippen molar-refractivity contribution in [1.82, 2.24) is 4.98 Å². The van der Waals surface area contributed by atoms with Gasteiger partial charge in [0.25, 0.3) is 0 Å². The molecule has 0 fully saturated rings. The smallest absolute Gasteiger partial charge is 0.124 e. The number of anilines is 3. The minimum atomic E-state index is 1.06. The van der Waals surface area contributed by atoms with Crippen LogP contribution in [0.15, 0.2) is 206 Å². The quantitative estimate of drug-likeness (QED) is 0.161. The van der Waals surface area contributed by atoms with E-state index >= 15 is 0 Å². The summed E-state index contributed by atoms with van der Waals surface area (Å²) in [7, 11) is 0. The molecule has 2 aromatic heterocycles. The summed E-state index contributed by atoms with van der Waals surface area (Å²) in [5, 5.41) is 6.13. The molecular formula is C53H34N2S2. The van der Waals surface area contributed by atoms with Gasteiger partial charge in [0.1, 0.15) is 5.01 Å². The van der Waals surface area contributed by atoms with E-state index in [0.717, 1.165) is 33.1 Å². The van der Waals surface area contributed by atoms with E-state index < -0.39 is 0 Å². The first-order valence-corrected chi connectivity index (χ1v) is 20.8. The van der Waals surface area contributed by atoms with Crippen LogP contribution in [0.2, 0.25) is 0 Å². The zero-order valence-electron chi connectivity index (χ0n) is 30.8. The lowest BCUT2D eigenvalue weighted by molar-refractivity contribution is 1.28. The maximum absolute atomic E-state index is 5.06. The van der Waals surface area contributed by atoms with Crippen LogP contribution in [0, 0.1) is 0 Å². The normalized spacial score (nSPS) is 11.5. The number of thiophene rings is 1. The maximum atomic E-state index is 5.06. The van der Waals surface area contributed by atoms with E-state index in [2.05, 4.69) is 211 Å². The largest absolute Gasteiger partial charge is 0.310 e. The molecule has 0 radical (unpaired) electrons. The number of hydrogen-bond donors (Lipinski definition) is 0. The Kier molecular flexibility index (Phi) is 8.24. The van der Waals surface area contributed by atoms with Gasteiger partial charge in [0.05, 0.1) is 15.9 Å². The monoisotopic (exact) mass is 762 g/mol. The fourth-order valence-corrected chi connectivity index (χ4v) is 10.4. The Morgan fingerprint density at radius 1 is 0.386 bits per heavy atom. The molecule has 11 aromatic rings. The lowest BCUT2D eigenvalue weighted by Gasteiger charge is -2.28. The molecule has 0 unspecified atom stereocenters. The van der Waals surface area contributed by atoms with E-state index in [1.165, 1.54) is 69.0 Å². The van der Waals surface area contributed by atoms with Crippen molar-refractivity contribution in [3.05, 3.63) is 206 Å². The molecule has 2 heterocycles. The van der Waals surface area contributed by atoms with Gasteiger partial charge in [-0.1, -0.05) is 152 Å². The highest BCUT2D eigenvalue weighted by Crippen LogP contribution is 2.45. The zero-order valence-corrected chi connectivity index (χ0v) is 32.5. The van der Waals surface area contributed by atoms with Crippen molar-refractivity contribution in [3.8, 4) is 44.0 Å². The number of fused-ring (bicyclic) bond motifs is 6. The Bertz CT molecular complexity index is 3210. The molecular weight excluding hydrogens is 729 g/mol. The first-order chi connectivity index (χ1) is 28.2. The minimum Gasteiger partial charge on any atom is -0.310 e. The number of hydrogen-bond acceptors (Lipinski definition) is 4. The summed E-state index contributed by atoms with van der Waals surface area (Å²) in [6.07, 6.45) is 0. The summed E-state index contributed by atoms with van der Waals surface area (Å²) in [6, 6.07) is 74.5. The predicted octanol–water partition coefficient (Wildman–Crippen LogP) is 16.0. The summed E-state index contributed by atoms with van der Waals surface area (Å²) < 4.78 is 3.85. The highest BCUT2D eigenvalue weighted by atomic mass is 32.1. The van der Waals surface area contributed by atoms with Crippen molar-refractivity contribution in [2.75, 3.05) is 4.90 Å². The van der Waals surface area contributed by atoms with Crippen LogP contribution in [0.5, 0.6) is 0 Å². The van der Waals surface area contributed by atoms with Gasteiger partial charge < -0.3 is 4.90 Å². The van der Waals surface area contributed by atoms with Gasteiger partial charge >= 0.3 is 0 Å². The maximum Gasteiger partial charge on any atom is 0.124 e. The number of nitrogens with zero attached hydrogens (tertiary/aromatic N) is 2. The van der Waals surface area contributed by atoms with Crippen molar-refractivity contribution in [2.24, 2.45) is 0 Å².